The summed E-state index contributed by atoms with van der Waals surface area (Å²) < 4.78 is 0. The van der Waals surface area contributed by atoms with Crippen LogP contribution in [0.1, 0.15) is 33.6 Å². The minimum atomic E-state index is -0.00926. The summed E-state index contributed by atoms with van der Waals surface area (Å²) >= 11 is 0. The highest BCUT2D eigenvalue weighted by molar-refractivity contribution is 4.88. The van der Waals surface area contributed by atoms with E-state index in [2.05, 4.69) is 20.8 Å². The maximum atomic E-state index is 9.24. The summed E-state index contributed by atoms with van der Waals surface area (Å²) in [7, 11) is 0. The molecule has 0 aromatic heterocycles. The van der Waals surface area contributed by atoms with Crippen LogP contribution in [0.4, 0.5) is 0 Å². The van der Waals surface area contributed by atoms with Crippen molar-refractivity contribution in [2.24, 2.45) is 11.3 Å². The third kappa shape index (κ3) is 1.26. The lowest BCUT2D eigenvalue weighted by atomic mass is 9.66. The molecule has 0 aromatic carbocycles. The molecule has 0 unspecified atom stereocenters. The minimum absolute atomic E-state index is 0.00926. The molecular formula is C8H16O. The molecule has 0 aliphatic heterocycles. The van der Waals surface area contributed by atoms with Crippen molar-refractivity contribution in [1.82, 2.24) is 0 Å². The molecule has 2 atom stereocenters. The first-order valence-corrected chi connectivity index (χ1v) is 3.70. The monoisotopic (exact) mass is 128 g/mol. The molecule has 0 bridgehead atoms. The van der Waals surface area contributed by atoms with Crippen molar-refractivity contribution in [3.05, 3.63) is 0 Å². The molecule has 0 amide bonds. The van der Waals surface area contributed by atoms with Gasteiger partial charge in [-0.15, -0.1) is 0 Å². The maximum absolute atomic E-state index is 9.24. The zero-order valence-corrected chi connectivity index (χ0v) is 6.52. The Balaban J connectivity index is 2.44. The molecule has 9 heavy (non-hydrogen) atoms. The van der Waals surface area contributed by atoms with Crippen LogP contribution in [0.3, 0.4) is 0 Å². The van der Waals surface area contributed by atoms with Gasteiger partial charge >= 0.3 is 0 Å². The summed E-state index contributed by atoms with van der Waals surface area (Å²) in [5.74, 6) is 0.553. The quantitative estimate of drug-likeness (QED) is 0.527. The van der Waals surface area contributed by atoms with E-state index < -0.39 is 0 Å². The van der Waals surface area contributed by atoms with Crippen LogP contribution in [0.25, 0.3) is 0 Å². The fourth-order valence-electron chi connectivity index (χ4n) is 1.49. The first kappa shape index (κ1) is 7.07. The second kappa shape index (κ2) is 1.98. The molecule has 1 saturated carbocycles. The normalized spacial score (nSPS) is 36.0. The van der Waals surface area contributed by atoms with E-state index >= 15 is 0 Å². The largest absolute Gasteiger partial charge is 0.393 e. The Morgan fingerprint density at radius 2 is 1.78 bits per heavy atom. The lowest BCUT2D eigenvalue weighted by Crippen LogP contribution is -2.40. The Kier molecular flexibility index (Phi) is 1.55. The molecule has 1 rings (SSSR count). The molecule has 0 saturated heterocycles. The van der Waals surface area contributed by atoms with Crippen LogP contribution in [0, 0.1) is 11.3 Å². The molecule has 1 N–H and O–H groups in total. The van der Waals surface area contributed by atoms with Gasteiger partial charge in [-0.1, -0.05) is 20.8 Å². The average Bonchev–Trinajstić information content (AvgIpc) is 1.57. The summed E-state index contributed by atoms with van der Waals surface area (Å²) in [6, 6.07) is 0. The molecule has 1 nitrogen and oxygen atoms in total. The number of rotatable bonds is 0. The molecule has 1 aliphatic rings. The van der Waals surface area contributed by atoms with Gasteiger partial charge in [-0.05, 0) is 24.2 Å². The summed E-state index contributed by atoms with van der Waals surface area (Å²) in [5.41, 5.74) is 0.317. The summed E-state index contributed by atoms with van der Waals surface area (Å²) in [6.45, 7) is 6.58. The van der Waals surface area contributed by atoms with Crippen LogP contribution in [-0.2, 0) is 0 Å². The number of hydrogen-bond donors (Lipinski definition) is 1. The molecule has 1 fully saturated rings. The highest BCUT2D eigenvalue weighted by Crippen LogP contribution is 2.41. The third-order valence-corrected chi connectivity index (χ3v) is 2.35. The Hall–Kier alpha value is -0.0400. The van der Waals surface area contributed by atoms with Gasteiger partial charge in [-0.2, -0.15) is 0 Å². The average molecular weight is 128 g/mol. The van der Waals surface area contributed by atoms with Crippen molar-refractivity contribution in [2.45, 2.75) is 39.7 Å². The van der Waals surface area contributed by atoms with Crippen LogP contribution in [0.5, 0.6) is 0 Å². The Labute approximate surface area is 57.1 Å². The topological polar surface area (TPSA) is 20.2 Å². The molecule has 0 spiro atoms. The predicted molar refractivity (Wildman–Crippen MR) is 38.2 cm³/mol. The number of aliphatic hydroxyl groups excluding tert-OH is 1. The zero-order valence-electron chi connectivity index (χ0n) is 6.52. The van der Waals surface area contributed by atoms with Crippen LogP contribution < -0.4 is 0 Å². The van der Waals surface area contributed by atoms with E-state index in [0.717, 1.165) is 6.42 Å². The summed E-state index contributed by atoms with van der Waals surface area (Å²) in [6.07, 6.45) is 2.22. The van der Waals surface area contributed by atoms with E-state index in [1.54, 1.807) is 0 Å². The molecule has 0 radical (unpaired) electrons. The Morgan fingerprint density at radius 1 is 1.22 bits per heavy atom. The van der Waals surface area contributed by atoms with Crippen LogP contribution in [0.15, 0.2) is 0 Å². The van der Waals surface area contributed by atoms with Gasteiger partial charge in [0.05, 0.1) is 6.10 Å². The first-order chi connectivity index (χ1) is 4.02. The lowest BCUT2D eigenvalue weighted by molar-refractivity contribution is -0.0355. The molecule has 54 valence electrons. The fourth-order valence-corrected chi connectivity index (χ4v) is 1.49. The van der Waals surface area contributed by atoms with Gasteiger partial charge in [-0.25, -0.2) is 0 Å². The highest BCUT2D eigenvalue weighted by Gasteiger charge is 2.37. The number of aliphatic hydroxyl groups is 1. The summed E-state index contributed by atoms with van der Waals surface area (Å²) in [4.78, 5) is 0. The Bertz CT molecular complexity index is 102. The van der Waals surface area contributed by atoms with Gasteiger partial charge in [-0.3, -0.25) is 0 Å². The number of hydrogen-bond acceptors (Lipinski definition) is 1. The molecule has 0 heterocycles. The maximum Gasteiger partial charge on any atom is 0.0573 e. The Morgan fingerprint density at radius 3 is 1.78 bits per heavy atom. The van der Waals surface area contributed by atoms with Gasteiger partial charge in [0.2, 0.25) is 0 Å². The minimum Gasteiger partial charge on any atom is -0.393 e. The lowest BCUT2D eigenvalue weighted by Gasteiger charge is -2.42. The van der Waals surface area contributed by atoms with E-state index in [0.29, 0.717) is 11.3 Å². The van der Waals surface area contributed by atoms with E-state index in [9.17, 15) is 5.11 Å². The van der Waals surface area contributed by atoms with Gasteiger partial charge in [0.25, 0.3) is 0 Å². The first-order valence-electron chi connectivity index (χ1n) is 3.70. The second-order valence-electron chi connectivity index (χ2n) is 4.12. The van der Waals surface area contributed by atoms with Crippen LogP contribution in [0.2, 0.25) is 0 Å². The van der Waals surface area contributed by atoms with Crippen molar-refractivity contribution in [3.63, 3.8) is 0 Å². The molecule has 1 aliphatic carbocycles. The fraction of sp³-hybridized carbons (Fsp3) is 1.00. The van der Waals surface area contributed by atoms with Crippen LogP contribution >= 0.6 is 0 Å². The standard InChI is InChI=1S/C8H16O/c1-8(2,3)6-4-5-7(6)9/h6-7,9H,4-5H2,1-3H3/t6-,7+/m1/s1. The van der Waals surface area contributed by atoms with Crippen molar-refractivity contribution < 1.29 is 5.11 Å². The van der Waals surface area contributed by atoms with Crippen LogP contribution in [-0.4, -0.2) is 11.2 Å². The van der Waals surface area contributed by atoms with Crippen molar-refractivity contribution >= 4 is 0 Å². The van der Waals surface area contributed by atoms with Gasteiger partial charge in [0.15, 0.2) is 0 Å². The van der Waals surface area contributed by atoms with Crippen molar-refractivity contribution in [1.29, 1.82) is 0 Å². The van der Waals surface area contributed by atoms with Gasteiger partial charge < -0.3 is 5.11 Å². The molecule has 0 aromatic rings. The van der Waals surface area contributed by atoms with Crippen molar-refractivity contribution in [2.75, 3.05) is 0 Å². The van der Waals surface area contributed by atoms with E-state index in [1.165, 1.54) is 6.42 Å². The zero-order chi connectivity index (χ0) is 7.07. The molecular weight excluding hydrogens is 112 g/mol. The predicted octanol–water partition coefficient (Wildman–Crippen LogP) is 1.80. The van der Waals surface area contributed by atoms with Gasteiger partial charge in [0, 0.05) is 0 Å². The smallest absolute Gasteiger partial charge is 0.0573 e. The van der Waals surface area contributed by atoms with E-state index in [1.807, 2.05) is 0 Å². The van der Waals surface area contributed by atoms with Gasteiger partial charge in [0.1, 0.15) is 0 Å². The van der Waals surface area contributed by atoms with E-state index in [4.69, 9.17) is 0 Å². The van der Waals surface area contributed by atoms with Crippen molar-refractivity contribution in [3.8, 4) is 0 Å². The van der Waals surface area contributed by atoms with E-state index in [-0.39, 0.29) is 6.10 Å². The SMILES string of the molecule is CC(C)(C)[C@@H]1CC[C@@H]1O. The summed E-state index contributed by atoms with van der Waals surface area (Å²) in [5, 5.41) is 9.24. The second-order valence-corrected chi connectivity index (χ2v) is 4.12. The molecule has 1 heteroatoms. The highest BCUT2D eigenvalue weighted by atomic mass is 16.3. The third-order valence-electron chi connectivity index (χ3n) is 2.35.